The number of benzene rings is 1. The lowest BCUT2D eigenvalue weighted by Crippen LogP contribution is -2.45. The van der Waals surface area contributed by atoms with Crippen LogP contribution in [0.2, 0.25) is 0 Å². The number of morpholine rings is 1. The van der Waals surface area contributed by atoms with E-state index in [2.05, 4.69) is 40.9 Å². The first kappa shape index (κ1) is 24.5. The minimum Gasteiger partial charge on any atom is -0.372 e. The Hall–Kier alpha value is -3.66. The van der Waals surface area contributed by atoms with Crippen LogP contribution in [0.3, 0.4) is 0 Å². The topological polar surface area (TPSA) is 113 Å². The summed E-state index contributed by atoms with van der Waals surface area (Å²) in [5.41, 5.74) is 7.21. The van der Waals surface area contributed by atoms with E-state index in [9.17, 15) is 14.0 Å². The molecule has 0 bridgehead atoms. The molecule has 0 spiro atoms. The molecule has 2 fully saturated rings. The average molecular weight is 483 g/mol. The van der Waals surface area contributed by atoms with Gasteiger partial charge < -0.3 is 30.9 Å². The standard InChI is InChI=1S/C25H31FN6O3/c1-4-22(33)28-18-9-10-31(14-18)25-21(26)11-20(23(27)34)24(30-25)29-17-5-7-19(8-6-17)32-12-15(2)35-16(3)13-32/h4-8,11,15-16,18H,1,9-10,12-14H2,2-3H3,(H2,27,34)(H,28,33)(H,29,30). The van der Waals surface area contributed by atoms with E-state index in [0.717, 1.165) is 24.8 Å². The molecule has 4 rings (SSSR count). The Morgan fingerprint density at radius 3 is 2.49 bits per heavy atom. The number of hydrogen-bond acceptors (Lipinski definition) is 7. The van der Waals surface area contributed by atoms with E-state index >= 15 is 0 Å². The second-order valence-electron chi connectivity index (χ2n) is 9.03. The Balaban J connectivity index is 1.53. The van der Waals surface area contributed by atoms with Crippen LogP contribution in [0, 0.1) is 5.82 Å². The first-order valence-electron chi connectivity index (χ1n) is 11.7. The van der Waals surface area contributed by atoms with Crippen molar-refractivity contribution in [2.45, 2.75) is 38.5 Å². The van der Waals surface area contributed by atoms with Crippen LogP contribution in [0.4, 0.5) is 27.4 Å². The number of nitrogens with one attached hydrogen (secondary N) is 2. The molecule has 3 heterocycles. The smallest absolute Gasteiger partial charge is 0.252 e. The number of nitrogens with two attached hydrogens (primary N) is 1. The molecular weight excluding hydrogens is 451 g/mol. The van der Waals surface area contributed by atoms with Gasteiger partial charge in [-0.2, -0.15) is 0 Å². The average Bonchev–Trinajstić information content (AvgIpc) is 3.27. The van der Waals surface area contributed by atoms with E-state index in [1.165, 1.54) is 6.08 Å². The molecule has 0 radical (unpaired) electrons. The number of hydrogen-bond donors (Lipinski definition) is 3. The zero-order chi connectivity index (χ0) is 25.1. The number of halogens is 1. The SMILES string of the molecule is C=CC(=O)NC1CCN(c2nc(Nc3ccc(N4CC(C)OC(C)C4)cc3)c(C(N)=O)cc2F)C1. The van der Waals surface area contributed by atoms with Crippen molar-refractivity contribution in [3.8, 4) is 0 Å². The Bertz CT molecular complexity index is 1100. The second kappa shape index (κ2) is 10.3. The van der Waals surface area contributed by atoms with Crippen LogP contribution in [0.25, 0.3) is 0 Å². The van der Waals surface area contributed by atoms with Crippen molar-refractivity contribution >= 4 is 34.8 Å². The zero-order valence-corrected chi connectivity index (χ0v) is 20.0. The molecule has 10 heteroatoms. The molecule has 1 aromatic heterocycles. The molecule has 186 valence electrons. The van der Waals surface area contributed by atoms with Crippen LogP contribution in [0.15, 0.2) is 43.0 Å². The molecule has 2 amide bonds. The van der Waals surface area contributed by atoms with Gasteiger partial charge in [-0.15, -0.1) is 0 Å². The second-order valence-corrected chi connectivity index (χ2v) is 9.03. The molecule has 2 aliphatic rings. The Labute approximate surface area is 204 Å². The summed E-state index contributed by atoms with van der Waals surface area (Å²) in [5, 5.41) is 5.93. The zero-order valence-electron chi connectivity index (χ0n) is 20.0. The van der Waals surface area contributed by atoms with E-state index in [1.807, 2.05) is 24.3 Å². The molecule has 4 N–H and O–H groups in total. The number of primary amides is 1. The number of anilines is 4. The van der Waals surface area contributed by atoms with E-state index in [0.29, 0.717) is 25.2 Å². The van der Waals surface area contributed by atoms with E-state index in [1.54, 1.807) is 4.90 Å². The Kier molecular flexibility index (Phi) is 7.20. The summed E-state index contributed by atoms with van der Waals surface area (Å²) >= 11 is 0. The van der Waals surface area contributed by atoms with Gasteiger partial charge in [0.25, 0.3) is 5.91 Å². The Morgan fingerprint density at radius 2 is 1.86 bits per heavy atom. The maximum absolute atomic E-state index is 14.9. The predicted molar refractivity (Wildman–Crippen MR) is 134 cm³/mol. The molecule has 2 aliphatic heterocycles. The lowest BCUT2D eigenvalue weighted by molar-refractivity contribution is -0.117. The van der Waals surface area contributed by atoms with Gasteiger partial charge in [-0.05, 0) is 56.7 Å². The van der Waals surface area contributed by atoms with Gasteiger partial charge in [-0.1, -0.05) is 6.58 Å². The van der Waals surface area contributed by atoms with Crippen molar-refractivity contribution in [3.05, 3.63) is 54.4 Å². The van der Waals surface area contributed by atoms with Gasteiger partial charge in [-0.3, -0.25) is 9.59 Å². The summed E-state index contributed by atoms with van der Waals surface area (Å²) in [6.07, 6.45) is 2.14. The van der Waals surface area contributed by atoms with Gasteiger partial charge in [0.1, 0.15) is 5.82 Å². The number of amides is 2. The number of nitrogens with zero attached hydrogens (tertiary/aromatic N) is 3. The third-order valence-corrected chi connectivity index (χ3v) is 6.16. The normalized spacial score (nSPS) is 22.1. The third kappa shape index (κ3) is 5.71. The van der Waals surface area contributed by atoms with Gasteiger partial charge in [0.05, 0.1) is 17.8 Å². The summed E-state index contributed by atoms with van der Waals surface area (Å²) in [7, 11) is 0. The minimum atomic E-state index is -0.782. The van der Waals surface area contributed by atoms with Gasteiger partial charge >= 0.3 is 0 Å². The summed E-state index contributed by atoms with van der Waals surface area (Å²) in [4.78, 5) is 32.0. The number of carbonyl (C=O) groups is 2. The van der Waals surface area contributed by atoms with Crippen LogP contribution < -0.4 is 26.2 Å². The predicted octanol–water partition coefficient (Wildman–Crippen LogP) is 2.56. The van der Waals surface area contributed by atoms with Crippen molar-refractivity contribution in [1.29, 1.82) is 0 Å². The summed E-state index contributed by atoms with van der Waals surface area (Å²) in [5.74, 6) is -1.43. The van der Waals surface area contributed by atoms with Crippen molar-refractivity contribution in [3.63, 3.8) is 0 Å². The fraction of sp³-hybridized carbons (Fsp3) is 0.400. The molecule has 2 aromatic rings. The quantitative estimate of drug-likeness (QED) is 0.520. The highest BCUT2D eigenvalue weighted by atomic mass is 19.1. The van der Waals surface area contributed by atoms with E-state index < -0.39 is 11.7 Å². The number of ether oxygens (including phenoxy) is 1. The highest BCUT2D eigenvalue weighted by Gasteiger charge is 2.28. The molecule has 0 aliphatic carbocycles. The molecule has 3 unspecified atom stereocenters. The molecule has 3 atom stereocenters. The minimum absolute atomic E-state index is 0.0399. The molecule has 35 heavy (non-hydrogen) atoms. The lowest BCUT2D eigenvalue weighted by Gasteiger charge is -2.36. The first-order valence-corrected chi connectivity index (χ1v) is 11.7. The molecule has 9 nitrogen and oxygen atoms in total. The van der Waals surface area contributed by atoms with Crippen LogP contribution in [-0.2, 0) is 9.53 Å². The number of aromatic nitrogens is 1. The first-order chi connectivity index (χ1) is 16.7. The number of pyridine rings is 1. The molecule has 2 saturated heterocycles. The highest BCUT2D eigenvalue weighted by molar-refractivity contribution is 5.98. The van der Waals surface area contributed by atoms with Crippen LogP contribution in [-0.4, -0.2) is 61.2 Å². The fourth-order valence-corrected chi connectivity index (χ4v) is 4.60. The molecule has 1 aromatic carbocycles. The molecule has 0 saturated carbocycles. The summed E-state index contributed by atoms with van der Waals surface area (Å²) in [6.45, 7) is 10.1. The Morgan fingerprint density at radius 1 is 1.17 bits per heavy atom. The van der Waals surface area contributed by atoms with Crippen molar-refractivity contribution in [2.75, 3.05) is 41.3 Å². The highest BCUT2D eigenvalue weighted by Crippen LogP contribution is 2.29. The maximum Gasteiger partial charge on any atom is 0.252 e. The summed E-state index contributed by atoms with van der Waals surface area (Å²) in [6, 6.07) is 8.68. The van der Waals surface area contributed by atoms with Crippen LogP contribution in [0.5, 0.6) is 0 Å². The fourth-order valence-electron chi connectivity index (χ4n) is 4.60. The van der Waals surface area contributed by atoms with Crippen molar-refractivity contribution < 1.29 is 18.7 Å². The largest absolute Gasteiger partial charge is 0.372 e. The third-order valence-electron chi connectivity index (χ3n) is 6.16. The number of carbonyl (C=O) groups excluding carboxylic acids is 2. The van der Waals surface area contributed by atoms with Gasteiger partial charge in [-0.25, -0.2) is 9.37 Å². The van der Waals surface area contributed by atoms with Crippen molar-refractivity contribution in [2.24, 2.45) is 5.73 Å². The van der Waals surface area contributed by atoms with E-state index in [4.69, 9.17) is 10.5 Å². The lowest BCUT2D eigenvalue weighted by atomic mass is 10.2. The monoisotopic (exact) mass is 482 g/mol. The molecular formula is C25H31FN6O3. The van der Waals surface area contributed by atoms with Gasteiger partial charge in [0.2, 0.25) is 5.91 Å². The summed E-state index contributed by atoms with van der Waals surface area (Å²) < 4.78 is 20.7. The van der Waals surface area contributed by atoms with Gasteiger partial charge in [0.15, 0.2) is 11.6 Å². The maximum atomic E-state index is 14.9. The van der Waals surface area contributed by atoms with Crippen LogP contribution in [0.1, 0.15) is 30.6 Å². The van der Waals surface area contributed by atoms with Crippen molar-refractivity contribution in [1.82, 2.24) is 10.3 Å². The number of rotatable bonds is 7. The van der Waals surface area contributed by atoms with E-state index in [-0.39, 0.29) is 41.4 Å². The van der Waals surface area contributed by atoms with Crippen LogP contribution >= 0.6 is 0 Å². The van der Waals surface area contributed by atoms with Gasteiger partial charge in [0, 0.05) is 43.6 Å².